The highest BCUT2D eigenvalue weighted by molar-refractivity contribution is 7.88. The van der Waals surface area contributed by atoms with Crippen molar-refractivity contribution >= 4 is 27.5 Å². The van der Waals surface area contributed by atoms with E-state index in [9.17, 15) is 9.00 Å². The first-order valence-electron chi connectivity index (χ1n) is 8.02. The molecule has 0 amide bonds. The number of anilines is 1. The molecular formula is C18H18N4O2S. The Morgan fingerprint density at radius 1 is 1.24 bits per heavy atom. The molecule has 1 aromatic carbocycles. The molecule has 2 atom stereocenters. The lowest BCUT2D eigenvalue weighted by atomic mass is 10.0. The molecule has 0 aliphatic carbocycles. The van der Waals surface area contributed by atoms with Gasteiger partial charge in [0.1, 0.15) is 5.39 Å². The van der Waals surface area contributed by atoms with Crippen molar-refractivity contribution in [3.05, 3.63) is 57.2 Å². The van der Waals surface area contributed by atoms with E-state index in [-0.39, 0.29) is 11.6 Å². The largest absolute Gasteiger partial charge is 0.361 e. The Balaban J connectivity index is 1.74. The molecule has 25 heavy (non-hydrogen) atoms. The topological polar surface area (TPSA) is 90.6 Å². The monoisotopic (exact) mass is 354 g/mol. The summed E-state index contributed by atoms with van der Waals surface area (Å²) in [6.45, 7) is 4.11. The molecule has 4 rings (SSSR count). The zero-order valence-corrected chi connectivity index (χ0v) is 14.7. The average Bonchev–Trinajstić information content (AvgIpc) is 3.17. The van der Waals surface area contributed by atoms with E-state index in [1.807, 2.05) is 31.2 Å². The summed E-state index contributed by atoms with van der Waals surface area (Å²) in [6, 6.07) is 7.90. The van der Waals surface area contributed by atoms with E-state index in [1.165, 1.54) is 11.1 Å². The lowest BCUT2D eigenvalue weighted by molar-refractivity contribution is 0.688. The molecule has 0 bridgehead atoms. The van der Waals surface area contributed by atoms with Crippen LogP contribution in [0.3, 0.4) is 0 Å². The number of fused-ring (bicyclic) bond motifs is 1. The van der Waals surface area contributed by atoms with Gasteiger partial charge in [0.15, 0.2) is 5.82 Å². The van der Waals surface area contributed by atoms with Crippen LogP contribution in [0.4, 0.5) is 5.82 Å². The maximum Gasteiger partial charge on any atom is 0.261 e. The standard InChI is InChI=1S/C18H18N4O2S/c1-10-3-4-12(7-11(10)2)14-8-15-16(18(23)20-14)17(22-21-15)19-13-5-6-25(24)9-13/h3-8,13H,9H2,1-2H3,(H,20,23)(H2,19,21,22). The average molecular weight is 354 g/mol. The molecule has 0 fully saturated rings. The second kappa shape index (κ2) is 6.00. The van der Waals surface area contributed by atoms with Crippen LogP contribution >= 0.6 is 0 Å². The third-order valence-corrected chi connectivity index (χ3v) is 5.65. The van der Waals surface area contributed by atoms with E-state index in [0.717, 1.165) is 11.3 Å². The number of hydrogen-bond acceptors (Lipinski definition) is 4. The lowest BCUT2D eigenvalue weighted by Gasteiger charge is -2.09. The van der Waals surface area contributed by atoms with Crippen molar-refractivity contribution in [2.45, 2.75) is 19.9 Å². The van der Waals surface area contributed by atoms with E-state index in [4.69, 9.17) is 0 Å². The van der Waals surface area contributed by atoms with Gasteiger partial charge in [-0.2, -0.15) is 5.10 Å². The van der Waals surface area contributed by atoms with Crippen molar-refractivity contribution in [2.24, 2.45) is 0 Å². The van der Waals surface area contributed by atoms with Crippen molar-refractivity contribution in [1.82, 2.24) is 15.2 Å². The number of nitrogens with one attached hydrogen (secondary N) is 3. The van der Waals surface area contributed by atoms with Crippen LogP contribution in [0.5, 0.6) is 0 Å². The number of H-pyrrole nitrogens is 2. The summed E-state index contributed by atoms with van der Waals surface area (Å²) in [7, 11) is -0.953. The van der Waals surface area contributed by atoms with Crippen molar-refractivity contribution in [3.8, 4) is 11.3 Å². The van der Waals surface area contributed by atoms with Crippen LogP contribution in [0, 0.1) is 13.8 Å². The van der Waals surface area contributed by atoms with Crippen LogP contribution in [0.1, 0.15) is 11.1 Å². The molecular weight excluding hydrogens is 336 g/mol. The van der Waals surface area contributed by atoms with Gasteiger partial charge in [-0.3, -0.25) is 14.1 Å². The third kappa shape index (κ3) is 2.91. The Kier molecular flexibility index (Phi) is 3.80. The van der Waals surface area contributed by atoms with Gasteiger partial charge in [0, 0.05) is 16.2 Å². The second-order valence-corrected chi connectivity index (χ2v) is 7.67. The number of rotatable bonds is 3. The van der Waals surface area contributed by atoms with Gasteiger partial charge in [-0.25, -0.2) is 0 Å². The molecule has 128 valence electrons. The van der Waals surface area contributed by atoms with E-state index in [2.05, 4.69) is 33.5 Å². The van der Waals surface area contributed by atoms with Crippen LogP contribution in [0.15, 0.2) is 40.5 Å². The molecule has 3 N–H and O–H groups in total. The second-order valence-electron chi connectivity index (χ2n) is 6.30. The molecule has 2 unspecified atom stereocenters. The van der Waals surface area contributed by atoms with E-state index in [0.29, 0.717) is 22.5 Å². The molecule has 0 spiro atoms. The number of aromatic nitrogens is 3. The van der Waals surface area contributed by atoms with Crippen LogP contribution < -0.4 is 10.9 Å². The van der Waals surface area contributed by atoms with Crippen LogP contribution in [0.2, 0.25) is 0 Å². The van der Waals surface area contributed by atoms with Crippen LogP contribution in [0.25, 0.3) is 22.2 Å². The molecule has 0 radical (unpaired) electrons. The highest BCUT2D eigenvalue weighted by Gasteiger charge is 2.18. The first kappa shape index (κ1) is 15.8. The maximum absolute atomic E-state index is 12.6. The first-order chi connectivity index (χ1) is 12.0. The van der Waals surface area contributed by atoms with Gasteiger partial charge in [0.2, 0.25) is 0 Å². The minimum Gasteiger partial charge on any atom is -0.361 e. The van der Waals surface area contributed by atoms with Gasteiger partial charge in [0.25, 0.3) is 5.56 Å². The van der Waals surface area contributed by atoms with Gasteiger partial charge in [-0.1, -0.05) is 18.2 Å². The summed E-state index contributed by atoms with van der Waals surface area (Å²) in [5.74, 6) is 0.976. The zero-order valence-electron chi connectivity index (χ0n) is 13.9. The molecule has 1 aliphatic rings. The predicted octanol–water partition coefficient (Wildman–Crippen LogP) is 2.59. The van der Waals surface area contributed by atoms with E-state index < -0.39 is 10.8 Å². The number of aromatic amines is 2. The smallest absolute Gasteiger partial charge is 0.261 e. The molecule has 0 saturated carbocycles. The Labute approximate surface area is 146 Å². The minimum absolute atomic E-state index is 0.0776. The zero-order chi connectivity index (χ0) is 17.6. The lowest BCUT2D eigenvalue weighted by Crippen LogP contribution is -2.20. The Hall–Kier alpha value is -2.67. The fraction of sp³-hybridized carbons (Fsp3) is 0.222. The summed E-state index contributed by atoms with van der Waals surface area (Å²) < 4.78 is 11.5. The fourth-order valence-electron chi connectivity index (χ4n) is 2.96. The van der Waals surface area contributed by atoms with Gasteiger partial charge in [-0.05, 0) is 42.7 Å². The maximum atomic E-state index is 12.6. The number of benzene rings is 1. The van der Waals surface area contributed by atoms with Gasteiger partial charge >= 0.3 is 0 Å². The molecule has 2 aromatic heterocycles. The van der Waals surface area contributed by atoms with Gasteiger partial charge in [-0.15, -0.1) is 0 Å². The fourth-order valence-corrected chi connectivity index (χ4v) is 3.98. The van der Waals surface area contributed by atoms with Crippen LogP contribution in [-0.4, -0.2) is 31.2 Å². The predicted molar refractivity (Wildman–Crippen MR) is 101 cm³/mol. The van der Waals surface area contributed by atoms with Crippen LogP contribution in [-0.2, 0) is 10.8 Å². The molecule has 3 aromatic rings. The van der Waals surface area contributed by atoms with E-state index >= 15 is 0 Å². The Morgan fingerprint density at radius 2 is 2.08 bits per heavy atom. The Bertz CT molecular complexity index is 1080. The van der Waals surface area contributed by atoms with Crippen molar-refractivity contribution in [3.63, 3.8) is 0 Å². The highest BCUT2D eigenvalue weighted by Crippen LogP contribution is 2.24. The summed E-state index contributed by atoms with van der Waals surface area (Å²) in [4.78, 5) is 15.6. The number of hydrogen-bond donors (Lipinski definition) is 3. The van der Waals surface area contributed by atoms with Crippen molar-refractivity contribution in [1.29, 1.82) is 0 Å². The normalized spacial score (nSPS) is 19.6. The van der Waals surface area contributed by atoms with Crippen molar-refractivity contribution < 1.29 is 4.21 Å². The third-order valence-electron chi connectivity index (χ3n) is 4.50. The summed E-state index contributed by atoms with van der Waals surface area (Å²) >= 11 is 0. The minimum atomic E-state index is -0.953. The molecule has 7 heteroatoms. The SMILES string of the molecule is Cc1ccc(-c2cc3[nH]nc(NC4C=CS(=O)C4)c3c(=O)[nH]2)cc1C. The summed E-state index contributed by atoms with van der Waals surface area (Å²) in [5, 5.41) is 12.5. The number of pyridine rings is 1. The number of aryl methyl sites for hydroxylation is 2. The summed E-state index contributed by atoms with van der Waals surface area (Å²) in [6.07, 6.45) is 1.84. The van der Waals surface area contributed by atoms with Gasteiger partial charge in [0.05, 0.1) is 23.0 Å². The molecule has 1 aliphatic heterocycles. The van der Waals surface area contributed by atoms with Gasteiger partial charge < -0.3 is 10.3 Å². The molecule has 3 heterocycles. The quantitative estimate of drug-likeness (QED) is 0.674. The molecule has 6 nitrogen and oxygen atoms in total. The van der Waals surface area contributed by atoms with Crippen molar-refractivity contribution in [2.75, 3.05) is 11.1 Å². The van der Waals surface area contributed by atoms with E-state index in [1.54, 1.807) is 5.41 Å². The molecule has 0 saturated heterocycles. The first-order valence-corrected chi connectivity index (χ1v) is 9.40. The Morgan fingerprint density at radius 3 is 2.80 bits per heavy atom. The highest BCUT2D eigenvalue weighted by atomic mass is 32.2. The number of nitrogens with zero attached hydrogens (tertiary/aromatic N) is 1. The summed E-state index contributed by atoms with van der Waals surface area (Å²) in [5.41, 5.74) is 4.55.